The summed E-state index contributed by atoms with van der Waals surface area (Å²) in [6.07, 6.45) is -1.03. The van der Waals surface area contributed by atoms with Crippen LogP contribution < -0.4 is 4.90 Å². The molecule has 3 aromatic rings. The summed E-state index contributed by atoms with van der Waals surface area (Å²) in [6.45, 7) is 1.27. The number of ether oxygens (including phenoxy) is 1. The summed E-state index contributed by atoms with van der Waals surface area (Å²) in [4.78, 5) is 27.9. The number of alkyl halides is 3. The molecule has 174 valence electrons. The van der Waals surface area contributed by atoms with Crippen molar-refractivity contribution >= 4 is 17.6 Å². The van der Waals surface area contributed by atoms with E-state index in [1.54, 1.807) is 40.2 Å². The number of halogens is 3. The van der Waals surface area contributed by atoms with Crippen LogP contribution in [0.15, 0.2) is 59.3 Å². The molecule has 1 saturated heterocycles. The molecule has 33 heavy (non-hydrogen) atoms. The maximum absolute atomic E-state index is 12.9. The zero-order valence-electron chi connectivity index (χ0n) is 17.5. The van der Waals surface area contributed by atoms with Gasteiger partial charge in [0.25, 0.3) is 5.91 Å². The van der Waals surface area contributed by atoms with E-state index >= 15 is 0 Å². The van der Waals surface area contributed by atoms with Gasteiger partial charge < -0.3 is 19.0 Å². The quantitative estimate of drug-likeness (QED) is 0.524. The number of benzene rings is 1. The van der Waals surface area contributed by atoms with Crippen LogP contribution in [0.3, 0.4) is 0 Å². The third-order valence-electron chi connectivity index (χ3n) is 5.24. The summed E-state index contributed by atoms with van der Waals surface area (Å²) in [5, 5.41) is 4.05. The van der Waals surface area contributed by atoms with Crippen LogP contribution in [0.4, 0.5) is 18.9 Å². The molecular weight excluding hydrogens is 441 g/mol. The van der Waals surface area contributed by atoms with Crippen molar-refractivity contribution in [1.82, 2.24) is 14.7 Å². The second kappa shape index (κ2) is 9.39. The lowest BCUT2D eigenvalue weighted by Gasteiger charge is -2.36. The van der Waals surface area contributed by atoms with Crippen molar-refractivity contribution in [3.63, 3.8) is 0 Å². The van der Waals surface area contributed by atoms with E-state index in [0.717, 1.165) is 12.1 Å². The molecule has 3 heterocycles. The van der Waals surface area contributed by atoms with Crippen LogP contribution in [0.25, 0.3) is 0 Å². The van der Waals surface area contributed by atoms with Crippen LogP contribution in [0.2, 0.25) is 0 Å². The van der Waals surface area contributed by atoms with Crippen molar-refractivity contribution < 1.29 is 31.9 Å². The van der Waals surface area contributed by atoms with Crippen molar-refractivity contribution in [2.24, 2.45) is 0 Å². The molecule has 8 nitrogen and oxygen atoms in total. The fourth-order valence-corrected chi connectivity index (χ4v) is 3.51. The summed E-state index contributed by atoms with van der Waals surface area (Å²) in [5.41, 5.74) is -0.261. The Morgan fingerprint density at radius 2 is 1.85 bits per heavy atom. The summed E-state index contributed by atoms with van der Waals surface area (Å²) in [5.74, 6) is -0.630. The molecule has 1 aromatic carbocycles. The van der Waals surface area contributed by atoms with E-state index in [4.69, 9.17) is 9.15 Å². The first-order valence-corrected chi connectivity index (χ1v) is 10.2. The van der Waals surface area contributed by atoms with E-state index in [9.17, 15) is 22.8 Å². The molecule has 0 radical (unpaired) electrons. The van der Waals surface area contributed by atoms with Crippen LogP contribution in [-0.4, -0.2) is 59.3 Å². The monoisotopic (exact) mass is 462 g/mol. The number of esters is 1. The fraction of sp³-hybridized carbons (Fsp3) is 0.318. The highest BCUT2D eigenvalue weighted by Gasteiger charge is 2.31. The van der Waals surface area contributed by atoms with Crippen LogP contribution in [-0.2, 0) is 22.3 Å². The van der Waals surface area contributed by atoms with Gasteiger partial charge >= 0.3 is 12.1 Å². The number of nitrogens with zero attached hydrogens (tertiary/aromatic N) is 4. The third-order valence-corrected chi connectivity index (χ3v) is 5.24. The predicted octanol–water partition coefficient (Wildman–Crippen LogP) is 3.05. The molecule has 0 spiro atoms. The number of rotatable bonds is 6. The summed E-state index contributed by atoms with van der Waals surface area (Å²) in [7, 11) is 0. The molecule has 1 amide bonds. The van der Waals surface area contributed by atoms with Crippen LogP contribution in [0, 0.1) is 0 Å². The average molecular weight is 462 g/mol. The fourth-order valence-electron chi connectivity index (χ4n) is 3.51. The highest BCUT2D eigenvalue weighted by atomic mass is 19.4. The highest BCUT2D eigenvalue weighted by molar-refractivity contribution is 5.89. The Morgan fingerprint density at radius 3 is 2.55 bits per heavy atom. The molecule has 11 heteroatoms. The lowest BCUT2D eigenvalue weighted by Crippen LogP contribution is -2.50. The first-order valence-electron chi connectivity index (χ1n) is 10.2. The normalized spacial score (nSPS) is 14.4. The number of furan rings is 1. The summed E-state index contributed by atoms with van der Waals surface area (Å²) < 4.78 is 51.0. The number of hydrogen-bond acceptors (Lipinski definition) is 6. The number of hydrogen-bond donors (Lipinski definition) is 0. The van der Waals surface area contributed by atoms with E-state index in [2.05, 4.69) is 5.10 Å². The van der Waals surface area contributed by atoms with Gasteiger partial charge in [-0.25, -0.2) is 4.79 Å². The van der Waals surface area contributed by atoms with Crippen LogP contribution in [0.1, 0.15) is 21.9 Å². The van der Waals surface area contributed by atoms with Gasteiger partial charge in [-0.3, -0.25) is 9.48 Å². The Hall–Kier alpha value is -3.76. The van der Waals surface area contributed by atoms with E-state index < -0.39 is 24.3 Å². The molecule has 1 aliphatic heterocycles. The molecule has 0 unspecified atom stereocenters. The molecule has 0 bridgehead atoms. The van der Waals surface area contributed by atoms with Gasteiger partial charge in [-0.1, -0.05) is 6.07 Å². The average Bonchev–Trinajstić information content (AvgIpc) is 3.49. The second-order valence-electron chi connectivity index (χ2n) is 7.46. The van der Waals surface area contributed by atoms with Gasteiger partial charge in [-0.05, 0) is 36.4 Å². The zero-order valence-corrected chi connectivity index (χ0v) is 17.5. The van der Waals surface area contributed by atoms with Gasteiger partial charge in [-0.2, -0.15) is 18.3 Å². The number of piperazine rings is 1. The lowest BCUT2D eigenvalue weighted by atomic mass is 10.1. The van der Waals surface area contributed by atoms with Gasteiger partial charge in [0.15, 0.2) is 6.61 Å². The minimum Gasteiger partial charge on any atom is -0.452 e. The van der Waals surface area contributed by atoms with Crippen LogP contribution >= 0.6 is 0 Å². The molecular formula is C22H21F3N4O4. The summed E-state index contributed by atoms with van der Waals surface area (Å²) in [6, 6.07) is 9.97. The van der Waals surface area contributed by atoms with Crippen molar-refractivity contribution in [3.05, 3.63) is 71.9 Å². The van der Waals surface area contributed by atoms with E-state index in [1.807, 2.05) is 0 Å². The van der Waals surface area contributed by atoms with Gasteiger partial charge in [-0.15, -0.1) is 0 Å². The molecule has 0 N–H and O–H groups in total. The molecule has 1 aliphatic rings. The van der Waals surface area contributed by atoms with Gasteiger partial charge in [0.05, 0.1) is 12.1 Å². The molecule has 2 aromatic heterocycles. The number of amides is 1. The molecule has 1 fully saturated rings. The van der Waals surface area contributed by atoms with Crippen molar-refractivity contribution in [1.29, 1.82) is 0 Å². The van der Waals surface area contributed by atoms with Crippen molar-refractivity contribution in [2.45, 2.75) is 12.7 Å². The minimum atomic E-state index is -4.41. The van der Waals surface area contributed by atoms with E-state index in [-0.39, 0.29) is 11.7 Å². The Kier molecular flexibility index (Phi) is 6.38. The maximum Gasteiger partial charge on any atom is 0.416 e. The smallest absolute Gasteiger partial charge is 0.416 e. The highest BCUT2D eigenvalue weighted by Crippen LogP contribution is 2.31. The van der Waals surface area contributed by atoms with E-state index in [0.29, 0.717) is 44.2 Å². The van der Waals surface area contributed by atoms with E-state index in [1.165, 1.54) is 17.0 Å². The predicted molar refractivity (Wildman–Crippen MR) is 111 cm³/mol. The molecule has 0 saturated carbocycles. The second-order valence-corrected chi connectivity index (χ2v) is 7.46. The van der Waals surface area contributed by atoms with Crippen molar-refractivity contribution in [2.75, 3.05) is 37.7 Å². The SMILES string of the molecule is O=C(OCC(=O)N1CCN(c2cccc(C(F)(F)F)c2)CC1)c1ccc(Cn2cccn2)o1. The van der Waals surface area contributed by atoms with Gasteiger partial charge in [0, 0.05) is 44.3 Å². The largest absolute Gasteiger partial charge is 0.452 e. The number of carbonyl (C=O) groups excluding carboxylic acids is 2. The van der Waals surface area contributed by atoms with Crippen LogP contribution in [0.5, 0.6) is 0 Å². The molecule has 0 aliphatic carbocycles. The Morgan fingerprint density at radius 1 is 1.06 bits per heavy atom. The topological polar surface area (TPSA) is 80.8 Å². The third kappa shape index (κ3) is 5.54. The van der Waals surface area contributed by atoms with Gasteiger partial charge in [0.2, 0.25) is 5.76 Å². The number of carbonyl (C=O) groups is 2. The summed E-state index contributed by atoms with van der Waals surface area (Å²) >= 11 is 0. The lowest BCUT2D eigenvalue weighted by molar-refractivity contribution is -0.137. The Labute approximate surface area is 187 Å². The Bertz CT molecular complexity index is 1100. The first-order chi connectivity index (χ1) is 15.8. The maximum atomic E-state index is 12.9. The van der Waals surface area contributed by atoms with Gasteiger partial charge in [0.1, 0.15) is 5.76 Å². The number of anilines is 1. The molecule has 4 rings (SSSR count). The molecule has 0 atom stereocenters. The minimum absolute atomic E-state index is 0.0145. The zero-order chi connectivity index (χ0) is 23.4. The Balaban J connectivity index is 1.25. The number of aromatic nitrogens is 2. The first kappa shape index (κ1) is 22.4. The standard InChI is InChI=1S/C22H21F3N4O4/c23-22(24,25)16-3-1-4-17(13-16)27-9-11-28(12-10-27)20(30)15-32-21(31)19-6-5-18(33-19)14-29-8-2-7-26-29/h1-8,13H,9-12,14-15H2. The van der Waals surface area contributed by atoms with Crippen molar-refractivity contribution in [3.8, 4) is 0 Å².